The number of benzene rings is 1. The van der Waals surface area contributed by atoms with E-state index in [1.165, 1.54) is 11.1 Å². The molecule has 102 valence electrons. The summed E-state index contributed by atoms with van der Waals surface area (Å²) in [6.07, 6.45) is 1.96. The zero-order chi connectivity index (χ0) is 14.3. The molecule has 20 heavy (non-hydrogen) atoms. The van der Waals surface area contributed by atoms with E-state index in [4.69, 9.17) is 4.74 Å². The third-order valence-corrected chi connectivity index (χ3v) is 4.15. The Bertz CT molecular complexity index is 793. The molecule has 3 nitrogen and oxygen atoms in total. The van der Waals surface area contributed by atoms with Crippen molar-refractivity contribution in [2.24, 2.45) is 0 Å². The van der Waals surface area contributed by atoms with E-state index < -0.39 is 0 Å². The minimum absolute atomic E-state index is 0.812. The Labute approximate surface area is 126 Å². The lowest BCUT2D eigenvalue weighted by molar-refractivity contribution is 0.412. The van der Waals surface area contributed by atoms with Crippen molar-refractivity contribution in [2.75, 3.05) is 7.11 Å². The number of fused-ring (bicyclic) bond motifs is 1. The fourth-order valence-corrected chi connectivity index (χ4v) is 2.72. The van der Waals surface area contributed by atoms with Crippen LogP contribution in [0.2, 0.25) is 0 Å². The van der Waals surface area contributed by atoms with E-state index in [0.717, 1.165) is 27.3 Å². The van der Waals surface area contributed by atoms with Gasteiger partial charge >= 0.3 is 0 Å². The van der Waals surface area contributed by atoms with Crippen LogP contribution in [0.1, 0.15) is 11.1 Å². The van der Waals surface area contributed by atoms with Crippen molar-refractivity contribution in [1.29, 1.82) is 0 Å². The fraction of sp³-hybridized carbons (Fsp3) is 0.188. The van der Waals surface area contributed by atoms with Crippen molar-refractivity contribution >= 4 is 21.4 Å². The molecule has 0 unspecified atom stereocenters. The molecule has 0 amide bonds. The van der Waals surface area contributed by atoms with Crippen molar-refractivity contribution < 1.29 is 4.74 Å². The Morgan fingerprint density at radius 1 is 1.10 bits per heavy atom. The minimum atomic E-state index is 0.812. The van der Waals surface area contributed by atoms with E-state index in [2.05, 4.69) is 53.0 Å². The molecule has 0 bridgehead atoms. The molecule has 4 heteroatoms. The van der Waals surface area contributed by atoms with E-state index in [1.807, 2.05) is 22.7 Å². The summed E-state index contributed by atoms with van der Waals surface area (Å²) in [6, 6.07) is 10.3. The van der Waals surface area contributed by atoms with Gasteiger partial charge < -0.3 is 4.74 Å². The summed E-state index contributed by atoms with van der Waals surface area (Å²) < 4.78 is 8.19. The smallest absolute Gasteiger partial charge is 0.146 e. The van der Waals surface area contributed by atoms with Gasteiger partial charge in [-0.15, -0.1) is 0 Å². The summed E-state index contributed by atoms with van der Waals surface area (Å²) in [7, 11) is 1.67. The van der Waals surface area contributed by atoms with Crippen LogP contribution in [0.25, 0.3) is 16.9 Å². The Morgan fingerprint density at radius 2 is 1.90 bits per heavy atom. The van der Waals surface area contributed by atoms with Gasteiger partial charge in [0.15, 0.2) is 0 Å². The number of pyridine rings is 1. The molecule has 0 aliphatic heterocycles. The Kier molecular flexibility index (Phi) is 3.26. The summed E-state index contributed by atoms with van der Waals surface area (Å²) in [5.74, 6) is 1.72. The standard InChI is InChI=1S/C16H15BrN2O/c1-10-4-5-12(8-11(10)2)16-18-15(17)14-7-6-13(20-3)9-19(14)16/h4-9H,1-3H3. The number of aromatic nitrogens is 2. The van der Waals surface area contributed by atoms with Gasteiger partial charge in [0.1, 0.15) is 16.2 Å². The molecule has 2 heterocycles. The summed E-state index contributed by atoms with van der Waals surface area (Å²) in [5, 5.41) is 0. The highest BCUT2D eigenvalue weighted by atomic mass is 79.9. The first-order valence-electron chi connectivity index (χ1n) is 6.39. The molecular weight excluding hydrogens is 316 g/mol. The quantitative estimate of drug-likeness (QED) is 0.696. The first kappa shape index (κ1) is 13.2. The number of halogens is 1. The third kappa shape index (κ3) is 2.10. The van der Waals surface area contributed by atoms with Gasteiger partial charge in [-0.05, 0) is 59.1 Å². The molecule has 0 fully saturated rings. The number of methoxy groups -OCH3 is 1. The van der Waals surface area contributed by atoms with Crippen LogP contribution in [-0.2, 0) is 0 Å². The van der Waals surface area contributed by atoms with Crippen LogP contribution in [-0.4, -0.2) is 16.5 Å². The molecule has 0 aliphatic rings. The van der Waals surface area contributed by atoms with Crippen LogP contribution in [0, 0.1) is 13.8 Å². The van der Waals surface area contributed by atoms with Crippen LogP contribution in [0.5, 0.6) is 5.75 Å². The highest BCUT2D eigenvalue weighted by Gasteiger charge is 2.12. The van der Waals surface area contributed by atoms with E-state index >= 15 is 0 Å². The highest BCUT2D eigenvalue weighted by Crippen LogP contribution is 2.29. The maximum Gasteiger partial charge on any atom is 0.146 e. The lowest BCUT2D eigenvalue weighted by Crippen LogP contribution is -1.92. The van der Waals surface area contributed by atoms with Crippen molar-refractivity contribution in [1.82, 2.24) is 9.38 Å². The number of nitrogens with zero attached hydrogens (tertiary/aromatic N) is 2. The first-order chi connectivity index (χ1) is 9.60. The molecule has 0 atom stereocenters. The van der Waals surface area contributed by atoms with Crippen molar-refractivity contribution in [3.05, 3.63) is 52.3 Å². The second kappa shape index (κ2) is 4.94. The van der Waals surface area contributed by atoms with Crippen LogP contribution in [0.15, 0.2) is 41.1 Å². The zero-order valence-corrected chi connectivity index (χ0v) is 13.2. The second-order valence-electron chi connectivity index (χ2n) is 4.85. The van der Waals surface area contributed by atoms with Gasteiger partial charge in [-0.2, -0.15) is 0 Å². The Hall–Kier alpha value is -1.81. The fourth-order valence-electron chi connectivity index (χ4n) is 2.23. The van der Waals surface area contributed by atoms with Crippen LogP contribution < -0.4 is 4.74 Å². The van der Waals surface area contributed by atoms with Crippen molar-refractivity contribution in [3.8, 4) is 17.1 Å². The number of ether oxygens (including phenoxy) is 1. The molecule has 1 aromatic carbocycles. The Morgan fingerprint density at radius 3 is 2.60 bits per heavy atom. The third-order valence-electron chi connectivity index (χ3n) is 3.57. The molecule has 0 saturated carbocycles. The lowest BCUT2D eigenvalue weighted by atomic mass is 10.1. The summed E-state index contributed by atoms with van der Waals surface area (Å²) in [5.41, 5.74) is 4.67. The maximum atomic E-state index is 5.30. The number of aryl methyl sites for hydroxylation is 2. The molecule has 0 N–H and O–H groups in total. The van der Waals surface area contributed by atoms with E-state index in [1.54, 1.807) is 7.11 Å². The molecule has 0 spiro atoms. The van der Waals surface area contributed by atoms with E-state index in [0.29, 0.717) is 0 Å². The zero-order valence-electron chi connectivity index (χ0n) is 11.6. The summed E-state index contributed by atoms with van der Waals surface area (Å²) in [4.78, 5) is 4.63. The molecule has 0 radical (unpaired) electrons. The number of hydrogen-bond donors (Lipinski definition) is 0. The normalized spacial score (nSPS) is 11.0. The molecule has 0 saturated heterocycles. The average Bonchev–Trinajstić information content (AvgIpc) is 2.78. The van der Waals surface area contributed by atoms with Gasteiger partial charge in [-0.1, -0.05) is 12.1 Å². The number of imidazole rings is 1. The Balaban J connectivity index is 2.26. The van der Waals surface area contributed by atoms with Gasteiger partial charge in [0.25, 0.3) is 0 Å². The summed E-state index contributed by atoms with van der Waals surface area (Å²) in [6.45, 7) is 4.23. The van der Waals surface area contributed by atoms with Gasteiger partial charge in [0.05, 0.1) is 18.8 Å². The topological polar surface area (TPSA) is 26.5 Å². The predicted molar refractivity (Wildman–Crippen MR) is 84.4 cm³/mol. The molecule has 3 aromatic rings. The van der Waals surface area contributed by atoms with Gasteiger partial charge in [-0.25, -0.2) is 4.98 Å². The van der Waals surface area contributed by atoms with Gasteiger partial charge in [-0.3, -0.25) is 4.40 Å². The molecule has 0 aliphatic carbocycles. The first-order valence-corrected chi connectivity index (χ1v) is 7.18. The van der Waals surface area contributed by atoms with E-state index in [9.17, 15) is 0 Å². The van der Waals surface area contributed by atoms with E-state index in [-0.39, 0.29) is 0 Å². The largest absolute Gasteiger partial charge is 0.495 e. The second-order valence-corrected chi connectivity index (χ2v) is 5.60. The van der Waals surface area contributed by atoms with Crippen LogP contribution in [0.3, 0.4) is 0 Å². The lowest BCUT2D eigenvalue weighted by Gasteiger charge is -2.06. The van der Waals surface area contributed by atoms with Crippen LogP contribution >= 0.6 is 15.9 Å². The maximum absolute atomic E-state index is 5.30. The number of hydrogen-bond acceptors (Lipinski definition) is 2. The average molecular weight is 331 g/mol. The van der Waals surface area contributed by atoms with Gasteiger partial charge in [0.2, 0.25) is 0 Å². The number of rotatable bonds is 2. The molecule has 2 aromatic heterocycles. The SMILES string of the molecule is COc1ccc2c(Br)nc(-c3ccc(C)c(C)c3)n2c1. The van der Waals surface area contributed by atoms with Crippen LogP contribution in [0.4, 0.5) is 0 Å². The summed E-state index contributed by atoms with van der Waals surface area (Å²) >= 11 is 3.52. The predicted octanol–water partition coefficient (Wildman–Crippen LogP) is 4.39. The van der Waals surface area contributed by atoms with Gasteiger partial charge in [0, 0.05) is 5.56 Å². The molecular formula is C16H15BrN2O. The monoisotopic (exact) mass is 330 g/mol. The highest BCUT2D eigenvalue weighted by molar-refractivity contribution is 9.10. The minimum Gasteiger partial charge on any atom is -0.495 e. The molecule has 3 rings (SSSR count). The van der Waals surface area contributed by atoms with Crippen molar-refractivity contribution in [2.45, 2.75) is 13.8 Å². The van der Waals surface area contributed by atoms with Crippen molar-refractivity contribution in [3.63, 3.8) is 0 Å².